The molecule has 6 heteroatoms. The minimum atomic E-state index is -0.630. The topological polar surface area (TPSA) is 88.9 Å². The number of nitrogens with one attached hydrogen (secondary N) is 1. The summed E-state index contributed by atoms with van der Waals surface area (Å²) in [6.45, 7) is 1.57. The zero-order valence-electron chi connectivity index (χ0n) is 6.70. The van der Waals surface area contributed by atoms with E-state index in [1.807, 2.05) is 0 Å². The van der Waals surface area contributed by atoms with Crippen LogP contribution in [0, 0.1) is 28.9 Å². The maximum Gasteiger partial charge on any atom is 0.356 e. The number of H-pyrrole nitrogens is 1. The van der Waals surface area contributed by atoms with E-state index in [4.69, 9.17) is 0 Å². The van der Waals surface area contributed by atoms with Crippen LogP contribution in [0.15, 0.2) is 0 Å². The summed E-state index contributed by atoms with van der Waals surface area (Å²) in [5.74, 6) is 4.42. The molecule has 66 valence electrons. The lowest BCUT2D eigenvalue weighted by atomic mass is 10.4. The summed E-state index contributed by atoms with van der Waals surface area (Å²) in [5, 5.41) is 10.4. The number of nitrogens with zero attached hydrogens (tertiary/aromatic N) is 2. The lowest BCUT2D eigenvalue weighted by Gasteiger charge is -1.87. The first-order valence-electron chi connectivity index (χ1n) is 3.31. The third-order valence-corrected chi connectivity index (χ3v) is 1.24. The van der Waals surface area contributed by atoms with Crippen molar-refractivity contribution in [1.29, 1.82) is 0 Å². The van der Waals surface area contributed by atoms with E-state index >= 15 is 0 Å². The van der Waals surface area contributed by atoms with Gasteiger partial charge in [0.2, 0.25) is 5.69 Å². The number of hydrogen-bond donors (Lipinski definition) is 1. The SMILES string of the molecule is Cc1nc(C#CC=O)c([N+](=O)[O-])[nH]1. The molecule has 0 bridgehead atoms. The van der Waals surface area contributed by atoms with E-state index in [9.17, 15) is 14.9 Å². The van der Waals surface area contributed by atoms with Crippen LogP contribution in [-0.4, -0.2) is 21.2 Å². The molecule has 0 aliphatic rings. The predicted octanol–water partition coefficient (Wildman–Crippen LogP) is 0.177. The van der Waals surface area contributed by atoms with Gasteiger partial charge in [0, 0.05) is 6.92 Å². The maximum atomic E-state index is 10.4. The second kappa shape index (κ2) is 3.49. The van der Waals surface area contributed by atoms with Crippen molar-refractivity contribution in [3.8, 4) is 11.8 Å². The largest absolute Gasteiger partial charge is 0.358 e. The fourth-order valence-corrected chi connectivity index (χ4v) is 0.796. The molecule has 1 rings (SSSR count). The van der Waals surface area contributed by atoms with Gasteiger partial charge in [-0.15, -0.1) is 0 Å². The second-order valence-corrected chi connectivity index (χ2v) is 2.16. The summed E-state index contributed by atoms with van der Waals surface area (Å²) in [4.78, 5) is 25.8. The lowest BCUT2D eigenvalue weighted by molar-refractivity contribution is -0.389. The first-order valence-corrected chi connectivity index (χ1v) is 3.31. The van der Waals surface area contributed by atoms with Gasteiger partial charge in [-0.2, -0.15) is 4.98 Å². The van der Waals surface area contributed by atoms with E-state index in [1.54, 1.807) is 6.92 Å². The Morgan fingerprint density at radius 2 is 2.38 bits per heavy atom. The van der Waals surface area contributed by atoms with Crippen molar-refractivity contribution in [2.45, 2.75) is 6.92 Å². The monoisotopic (exact) mass is 179 g/mol. The maximum absolute atomic E-state index is 10.4. The average molecular weight is 179 g/mol. The van der Waals surface area contributed by atoms with E-state index in [0.29, 0.717) is 12.1 Å². The van der Waals surface area contributed by atoms with Gasteiger partial charge in [0.1, 0.15) is 0 Å². The molecule has 1 heterocycles. The molecular formula is C7H5N3O3. The van der Waals surface area contributed by atoms with Crippen LogP contribution in [0.5, 0.6) is 0 Å². The normalized spacial score (nSPS) is 8.69. The van der Waals surface area contributed by atoms with Crippen LogP contribution in [-0.2, 0) is 4.79 Å². The van der Waals surface area contributed by atoms with E-state index < -0.39 is 4.92 Å². The van der Waals surface area contributed by atoms with Crippen molar-refractivity contribution >= 4 is 12.1 Å². The Kier molecular flexibility index (Phi) is 2.40. The second-order valence-electron chi connectivity index (χ2n) is 2.16. The van der Waals surface area contributed by atoms with Gasteiger partial charge in [-0.25, -0.2) is 4.98 Å². The van der Waals surface area contributed by atoms with Gasteiger partial charge in [0.15, 0.2) is 12.1 Å². The fraction of sp³-hybridized carbons (Fsp3) is 0.143. The van der Waals surface area contributed by atoms with Crippen LogP contribution in [0.2, 0.25) is 0 Å². The fourth-order valence-electron chi connectivity index (χ4n) is 0.796. The highest BCUT2D eigenvalue weighted by Crippen LogP contribution is 2.12. The van der Waals surface area contributed by atoms with Gasteiger partial charge in [-0.3, -0.25) is 4.79 Å². The van der Waals surface area contributed by atoms with Gasteiger partial charge in [-0.05, 0) is 16.8 Å². The highest BCUT2D eigenvalue weighted by atomic mass is 16.6. The summed E-state index contributed by atoms with van der Waals surface area (Å²) >= 11 is 0. The molecule has 0 radical (unpaired) electrons. The molecule has 1 aromatic heterocycles. The summed E-state index contributed by atoms with van der Waals surface area (Å²) in [6, 6.07) is 0. The van der Waals surface area contributed by atoms with Crippen molar-refractivity contribution in [1.82, 2.24) is 9.97 Å². The number of hydrogen-bond acceptors (Lipinski definition) is 4. The zero-order chi connectivity index (χ0) is 9.84. The lowest BCUT2D eigenvalue weighted by Crippen LogP contribution is -1.90. The first kappa shape index (κ1) is 8.93. The molecule has 0 saturated heterocycles. The number of imidazole rings is 1. The molecule has 0 fully saturated rings. The Morgan fingerprint density at radius 3 is 2.92 bits per heavy atom. The van der Waals surface area contributed by atoms with E-state index in [2.05, 4.69) is 21.8 Å². The van der Waals surface area contributed by atoms with Gasteiger partial charge in [-0.1, -0.05) is 0 Å². The summed E-state index contributed by atoms with van der Waals surface area (Å²) in [7, 11) is 0. The molecule has 0 unspecified atom stereocenters. The highest BCUT2D eigenvalue weighted by Gasteiger charge is 2.15. The number of carbonyl (C=O) groups is 1. The molecule has 0 saturated carbocycles. The first-order chi connectivity index (χ1) is 6.15. The highest BCUT2D eigenvalue weighted by molar-refractivity contribution is 5.74. The van der Waals surface area contributed by atoms with E-state index in [0.717, 1.165) is 0 Å². The van der Waals surface area contributed by atoms with Crippen molar-refractivity contribution < 1.29 is 9.72 Å². The molecule has 0 atom stereocenters. The third-order valence-electron chi connectivity index (χ3n) is 1.24. The van der Waals surface area contributed by atoms with Crippen LogP contribution in [0.1, 0.15) is 11.5 Å². The molecule has 0 amide bonds. The summed E-state index contributed by atoms with van der Waals surface area (Å²) in [5.41, 5.74) is -0.0189. The number of carbonyl (C=O) groups excluding carboxylic acids is 1. The van der Waals surface area contributed by atoms with Crippen molar-refractivity contribution in [3.05, 3.63) is 21.6 Å². The minimum Gasteiger partial charge on any atom is -0.358 e. The number of nitro groups is 1. The quantitative estimate of drug-likeness (QED) is 0.288. The average Bonchev–Trinajstić information content (AvgIpc) is 2.43. The van der Waals surface area contributed by atoms with Gasteiger partial charge >= 0.3 is 5.82 Å². The van der Waals surface area contributed by atoms with Crippen LogP contribution in [0.4, 0.5) is 5.82 Å². The zero-order valence-corrected chi connectivity index (χ0v) is 6.70. The Balaban J connectivity index is 3.19. The minimum absolute atomic E-state index is 0.0189. The summed E-state index contributed by atoms with van der Waals surface area (Å²) < 4.78 is 0. The smallest absolute Gasteiger partial charge is 0.356 e. The Bertz CT molecular complexity index is 410. The van der Waals surface area contributed by atoms with Crippen LogP contribution in [0.25, 0.3) is 0 Å². The van der Waals surface area contributed by atoms with Gasteiger partial charge in [0.05, 0.1) is 0 Å². The molecule has 0 spiro atoms. The van der Waals surface area contributed by atoms with Crippen LogP contribution in [0.3, 0.4) is 0 Å². The molecule has 1 N–H and O–H groups in total. The number of aldehydes is 1. The summed E-state index contributed by atoms with van der Waals surface area (Å²) in [6.07, 6.45) is 0.355. The molecule has 1 aromatic rings. The number of aromatic nitrogens is 2. The van der Waals surface area contributed by atoms with Gasteiger partial charge < -0.3 is 10.1 Å². The predicted molar refractivity (Wildman–Crippen MR) is 42.9 cm³/mol. The van der Waals surface area contributed by atoms with E-state index in [1.165, 1.54) is 0 Å². The Morgan fingerprint density at radius 1 is 1.69 bits per heavy atom. The number of aromatic amines is 1. The van der Waals surface area contributed by atoms with Crippen molar-refractivity contribution in [2.24, 2.45) is 0 Å². The standard InChI is InChI=1S/C7H5N3O3/c1-5-8-6(3-2-4-11)7(9-5)10(12)13/h4H,1H3,(H,8,9). The van der Waals surface area contributed by atoms with Crippen LogP contribution < -0.4 is 0 Å². The van der Waals surface area contributed by atoms with Gasteiger partial charge in [0.25, 0.3) is 0 Å². The van der Waals surface area contributed by atoms with E-state index in [-0.39, 0.29) is 11.5 Å². The van der Waals surface area contributed by atoms with Crippen molar-refractivity contribution in [3.63, 3.8) is 0 Å². The Labute approximate surface area is 73.1 Å². The third kappa shape index (κ3) is 1.90. The molecule has 0 aliphatic heterocycles. The molecule has 0 aliphatic carbocycles. The molecular weight excluding hydrogens is 174 g/mol. The van der Waals surface area contributed by atoms with Crippen molar-refractivity contribution in [2.75, 3.05) is 0 Å². The molecule has 13 heavy (non-hydrogen) atoms. The molecule has 6 nitrogen and oxygen atoms in total. The molecule has 0 aromatic carbocycles. The Hall–Kier alpha value is -2.16. The number of rotatable bonds is 1. The van der Waals surface area contributed by atoms with Crippen LogP contribution >= 0.6 is 0 Å². The number of aryl methyl sites for hydroxylation is 1.